The van der Waals surface area contributed by atoms with E-state index in [9.17, 15) is 4.79 Å². The largest absolute Gasteiger partial charge is 0.357 e. The standard InChI is InChI=1S/C18H22N4O/c1-4-21(5-2)17-12-15(19-13(3)20-17)18(23)22-11-10-14-8-6-7-9-16(14)22/h6-9,12H,4-5,10-11H2,1-3H3. The maximum Gasteiger partial charge on any atom is 0.277 e. The molecule has 0 saturated carbocycles. The summed E-state index contributed by atoms with van der Waals surface area (Å²) in [6, 6.07) is 9.87. The Bertz CT molecular complexity index is 725. The number of hydrogen-bond donors (Lipinski definition) is 0. The topological polar surface area (TPSA) is 49.3 Å². The first-order valence-corrected chi connectivity index (χ1v) is 8.14. The maximum atomic E-state index is 12.9. The van der Waals surface area contributed by atoms with Crippen LogP contribution in [0.2, 0.25) is 0 Å². The number of hydrogen-bond acceptors (Lipinski definition) is 4. The minimum absolute atomic E-state index is 0.0474. The summed E-state index contributed by atoms with van der Waals surface area (Å²) in [5, 5.41) is 0. The van der Waals surface area contributed by atoms with Gasteiger partial charge < -0.3 is 9.80 Å². The number of rotatable bonds is 4. The molecule has 1 aromatic carbocycles. The molecule has 0 spiro atoms. The van der Waals surface area contributed by atoms with Gasteiger partial charge in [-0.3, -0.25) is 4.79 Å². The van der Waals surface area contributed by atoms with Gasteiger partial charge in [-0.15, -0.1) is 0 Å². The second kappa shape index (κ2) is 6.36. The summed E-state index contributed by atoms with van der Waals surface area (Å²) in [5.74, 6) is 1.40. The Morgan fingerprint density at radius 1 is 1.22 bits per heavy atom. The van der Waals surface area contributed by atoms with E-state index in [-0.39, 0.29) is 5.91 Å². The Kier molecular flexibility index (Phi) is 4.28. The zero-order chi connectivity index (χ0) is 16.4. The summed E-state index contributed by atoms with van der Waals surface area (Å²) in [6.45, 7) is 8.42. The predicted octanol–water partition coefficient (Wildman–Crippen LogP) is 2.83. The molecule has 0 N–H and O–H groups in total. The number of benzene rings is 1. The van der Waals surface area contributed by atoms with E-state index in [1.807, 2.05) is 36.1 Å². The molecular formula is C18H22N4O. The molecule has 0 radical (unpaired) electrons. The quantitative estimate of drug-likeness (QED) is 0.871. The Balaban J connectivity index is 1.94. The van der Waals surface area contributed by atoms with E-state index in [2.05, 4.69) is 34.8 Å². The zero-order valence-corrected chi connectivity index (χ0v) is 13.9. The van der Waals surface area contributed by atoms with Gasteiger partial charge >= 0.3 is 0 Å². The third-order valence-electron chi connectivity index (χ3n) is 4.26. The van der Waals surface area contributed by atoms with Gasteiger partial charge in [0, 0.05) is 31.4 Å². The first-order chi connectivity index (χ1) is 11.1. The third kappa shape index (κ3) is 2.91. The molecule has 5 heteroatoms. The molecule has 0 bridgehead atoms. The third-order valence-corrected chi connectivity index (χ3v) is 4.26. The van der Waals surface area contributed by atoms with Crippen molar-refractivity contribution in [2.45, 2.75) is 27.2 Å². The molecule has 23 heavy (non-hydrogen) atoms. The van der Waals surface area contributed by atoms with Crippen LogP contribution in [-0.4, -0.2) is 35.5 Å². The van der Waals surface area contributed by atoms with Gasteiger partial charge in [-0.05, 0) is 38.8 Å². The van der Waals surface area contributed by atoms with Crippen LogP contribution in [0.4, 0.5) is 11.5 Å². The van der Waals surface area contributed by atoms with Gasteiger partial charge in [0.05, 0.1) is 0 Å². The summed E-state index contributed by atoms with van der Waals surface area (Å²) >= 11 is 0. The first-order valence-electron chi connectivity index (χ1n) is 8.14. The molecule has 0 unspecified atom stereocenters. The Labute approximate surface area is 137 Å². The van der Waals surface area contributed by atoms with Crippen molar-refractivity contribution in [2.75, 3.05) is 29.4 Å². The highest BCUT2D eigenvalue weighted by atomic mass is 16.2. The summed E-state index contributed by atoms with van der Waals surface area (Å²) in [6.07, 6.45) is 0.898. The normalized spacial score (nSPS) is 13.1. The lowest BCUT2D eigenvalue weighted by molar-refractivity contribution is 0.0984. The number of aryl methyl sites for hydroxylation is 1. The molecule has 0 aliphatic carbocycles. The lowest BCUT2D eigenvalue weighted by atomic mass is 10.2. The van der Waals surface area contributed by atoms with Gasteiger partial charge in [-0.2, -0.15) is 0 Å². The van der Waals surface area contributed by atoms with Crippen molar-refractivity contribution in [3.05, 3.63) is 47.4 Å². The van der Waals surface area contributed by atoms with Gasteiger partial charge in [-0.1, -0.05) is 18.2 Å². The average Bonchev–Trinajstić information content (AvgIpc) is 2.99. The summed E-state index contributed by atoms with van der Waals surface area (Å²) in [7, 11) is 0. The van der Waals surface area contributed by atoms with Crippen molar-refractivity contribution < 1.29 is 4.79 Å². The van der Waals surface area contributed by atoms with Gasteiger partial charge in [0.2, 0.25) is 0 Å². The van der Waals surface area contributed by atoms with E-state index < -0.39 is 0 Å². The van der Waals surface area contributed by atoms with Crippen LogP contribution in [0.1, 0.15) is 35.7 Å². The second-order valence-corrected chi connectivity index (χ2v) is 5.67. The molecule has 120 valence electrons. The van der Waals surface area contributed by atoms with E-state index in [0.29, 0.717) is 18.1 Å². The minimum atomic E-state index is -0.0474. The summed E-state index contributed by atoms with van der Waals surface area (Å²) in [5.41, 5.74) is 2.69. The number of fused-ring (bicyclic) bond motifs is 1. The molecule has 2 aromatic rings. The Hall–Kier alpha value is -2.43. The number of nitrogens with zero attached hydrogens (tertiary/aromatic N) is 4. The first kappa shape index (κ1) is 15.5. The molecule has 1 amide bonds. The fraction of sp³-hybridized carbons (Fsp3) is 0.389. The van der Waals surface area contributed by atoms with Gasteiger partial charge in [0.15, 0.2) is 0 Å². The summed E-state index contributed by atoms with van der Waals surface area (Å²) in [4.78, 5) is 25.7. The molecule has 0 atom stereocenters. The molecule has 1 aliphatic rings. The Morgan fingerprint density at radius 3 is 2.70 bits per heavy atom. The van der Waals surface area contributed by atoms with Crippen molar-refractivity contribution in [3.63, 3.8) is 0 Å². The van der Waals surface area contributed by atoms with Gasteiger partial charge in [-0.25, -0.2) is 9.97 Å². The highest BCUT2D eigenvalue weighted by Gasteiger charge is 2.26. The van der Waals surface area contributed by atoms with Crippen LogP contribution < -0.4 is 9.80 Å². The molecule has 5 nitrogen and oxygen atoms in total. The zero-order valence-electron chi connectivity index (χ0n) is 13.9. The number of amides is 1. The van der Waals surface area contributed by atoms with E-state index in [1.165, 1.54) is 5.56 Å². The van der Waals surface area contributed by atoms with Crippen LogP contribution in [0, 0.1) is 6.92 Å². The average molecular weight is 310 g/mol. The van der Waals surface area contributed by atoms with E-state index in [1.54, 1.807) is 0 Å². The smallest absolute Gasteiger partial charge is 0.277 e. The van der Waals surface area contributed by atoms with Gasteiger partial charge in [0.1, 0.15) is 17.3 Å². The number of para-hydroxylation sites is 1. The molecule has 1 aromatic heterocycles. The minimum Gasteiger partial charge on any atom is -0.357 e. The monoisotopic (exact) mass is 310 g/mol. The van der Waals surface area contributed by atoms with Gasteiger partial charge in [0.25, 0.3) is 5.91 Å². The number of carbonyl (C=O) groups excluding carboxylic acids is 1. The summed E-state index contributed by atoms with van der Waals surface area (Å²) < 4.78 is 0. The lowest BCUT2D eigenvalue weighted by Crippen LogP contribution is -2.31. The molecule has 3 rings (SSSR count). The predicted molar refractivity (Wildman–Crippen MR) is 92.2 cm³/mol. The molecule has 1 aliphatic heterocycles. The molecule has 0 fully saturated rings. The number of aromatic nitrogens is 2. The molecule has 2 heterocycles. The van der Waals surface area contributed by atoms with Crippen LogP contribution in [0.3, 0.4) is 0 Å². The fourth-order valence-corrected chi connectivity index (χ4v) is 3.06. The van der Waals surface area contributed by atoms with Crippen LogP contribution in [0.15, 0.2) is 30.3 Å². The highest BCUT2D eigenvalue weighted by molar-refractivity contribution is 6.06. The SMILES string of the molecule is CCN(CC)c1cc(C(=O)N2CCc3ccccc32)nc(C)n1. The maximum absolute atomic E-state index is 12.9. The van der Waals surface area contributed by atoms with Crippen molar-refractivity contribution >= 4 is 17.4 Å². The lowest BCUT2D eigenvalue weighted by Gasteiger charge is -2.22. The highest BCUT2D eigenvalue weighted by Crippen LogP contribution is 2.29. The second-order valence-electron chi connectivity index (χ2n) is 5.67. The van der Waals surface area contributed by atoms with E-state index >= 15 is 0 Å². The number of anilines is 2. The van der Waals surface area contributed by atoms with Crippen LogP contribution in [-0.2, 0) is 6.42 Å². The van der Waals surface area contributed by atoms with Crippen molar-refractivity contribution in [3.8, 4) is 0 Å². The van der Waals surface area contributed by atoms with Crippen molar-refractivity contribution in [1.82, 2.24) is 9.97 Å². The van der Waals surface area contributed by atoms with E-state index in [4.69, 9.17) is 0 Å². The van der Waals surface area contributed by atoms with E-state index in [0.717, 1.165) is 31.0 Å². The number of carbonyl (C=O) groups is 1. The fourth-order valence-electron chi connectivity index (χ4n) is 3.06. The van der Waals surface area contributed by atoms with Crippen LogP contribution in [0.25, 0.3) is 0 Å². The Morgan fingerprint density at radius 2 is 1.96 bits per heavy atom. The van der Waals surface area contributed by atoms with Crippen LogP contribution in [0.5, 0.6) is 0 Å². The van der Waals surface area contributed by atoms with Crippen molar-refractivity contribution in [2.24, 2.45) is 0 Å². The van der Waals surface area contributed by atoms with Crippen molar-refractivity contribution in [1.29, 1.82) is 0 Å². The molecule has 0 saturated heterocycles. The molecular weight excluding hydrogens is 288 g/mol. The van der Waals surface area contributed by atoms with Crippen LogP contribution >= 0.6 is 0 Å².